The molecule has 3 heteroatoms. The van der Waals surface area contributed by atoms with E-state index in [2.05, 4.69) is 39.4 Å². The monoisotopic (exact) mass is 297 g/mol. The van der Waals surface area contributed by atoms with Gasteiger partial charge in [-0.25, -0.2) is 0 Å². The molecule has 0 aromatic heterocycles. The molecule has 1 fully saturated rings. The zero-order valence-corrected chi connectivity index (χ0v) is 11.8. The average Bonchev–Trinajstić information content (AvgIpc) is 2.35. The summed E-state index contributed by atoms with van der Waals surface area (Å²) in [6.07, 6.45) is 4.01. The van der Waals surface area contributed by atoms with Crippen LogP contribution in [0.4, 0.5) is 0 Å². The third kappa shape index (κ3) is 3.09. The van der Waals surface area contributed by atoms with Crippen LogP contribution in [0.25, 0.3) is 0 Å². The van der Waals surface area contributed by atoms with Gasteiger partial charge in [-0.1, -0.05) is 34.1 Å². The highest BCUT2D eigenvalue weighted by atomic mass is 79.9. The Balaban J connectivity index is 2.14. The number of hydrogen-bond donors (Lipinski definition) is 2. The Labute approximate surface area is 112 Å². The quantitative estimate of drug-likeness (QED) is 0.897. The van der Waals surface area contributed by atoms with Crippen molar-refractivity contribution in [2.45, 2.75) is 37.8 Å². The lowest BCUT2D eigenvalue weighted by Crippen LogP contribution is -2.30. The number of halogens is 1. The van der Waals surface area contributed by atoms with E-state index in [-0.39, 0.29) is 6.10 Å². The topological polar surface area (TPSA) is 32.3 Å². The predicted octanol–water partition coefficient (Wildman–Crippen LogP) is 3.26. The molecule has 1 saturated carbocycles. The predicted molar refractivity (Wildman–Crippen MR) is 73.9 cm³/mol. The van der Waals surface area contributed by atoms with Crippen molar-refractivity contribution in [3.05, 3.63) is 34.3 Å². The van der Waals surface area contributed by atoms with E-state index in [4.69, 9.17) is 0 Å². The molecule has 1 aromatic carbocycles. The van der Waals surface area contributed by atoms with E-state index >= 15 is 0 Å². The van der Waals surface area contributed by atoms with Crippen LogP contribution in [0.1, 0.15) is 37.3 Å². The van der Waals surface area contributed by atoms with Crippen molar-refractivity contribution >= 4 is 15.9 Å². The molecular formula is C14H20BrNO. The van der Waals surface area contributed by atoms with Crippen LogP contribution in [0.3, 0.4) is 0 Å². The van der Waals surface area contributed by atoms with Gasteiger partial charge >= 0.3 is 0 Å². The summed E-state index contributed by atoms with van der Waals surface area (Å²) < 4.78 is 1.17. The molecule has 1 atom stereocenters. The number of rotatable bonds is 3. The number of aliphatic hydroxyl groups is 1. The smallest absolute Gasteiger partial charge is 0.0540 e. The summed E-state index contributed by atoms with van der Waals surface area (Å²) in [5.74, 6) is 0.627. The highest BCUT2D eigenvalue weighted by Gasteiger charge is 2.27. The van der Waals surface area contributed by atoms with Crippen LogP contribution in [0.15, 0.2) is 28.7 Å². The van der Waals surface area contributed by atoms with Gasteiger partial charge < -0.3 is 10.4 Å². The normalized spacial score (nSPS) is 26.8. The molecule has 2 nitrogen and oxygen atoms in total. The highest BCUT2D eigenvalue weighted by Crippen LogP contribution is 2.36. The maximum Gasteiger partial charge on any atom is 0.0540 e. The number of benzene rings is 1. The fourth-order valence-corrected chi connectivity index (χ4v) is 3.34. The standard InChI is InChI=1S/C14H20BrNO/c1-16-14(10-6-8-11(17)9-7-10)12-4-2-3-5-13(12)15/h2-5,10-11,14,16-17H,6-9H2,1H3. The van der Waals surface area contributed by atoms with Gasteiger partial charge in [0.15, 0.2) is 0 Å². The van der Waals surface area contributed by atoms with E-state index in [9.17, 15) is 5.11 Å². The first-order valence-corrected chi connectivity index (χ1v) is 7.11. The van der Waals surface area contributed by atoms with E-state index in [0.717, 1.165) is 25.7 Å². The molecule has 0 spiro atoms. The zero-order valence-electron chi connectivity index (χ0n) is 10.2. The molecule has 0 saturated heterocycles. The summed E-state index contributed by atoms with van der Waals surface area (Å²) in [4.78, 5) is 0. The van der Waals surface area contributed by atoms with Gasteiger partial charge in [0.25, 0.3) is 0 Å². The maximum atomic E-state index is 9.58. The molecule has 1 unspecified atom stereocenters. The molecule has 0 heterocycles. The third-order valence-corrected chi connectivity index (χ3v) is 4.49. The van der Waals surface area contributed by atoms with E-state index in [1.807, 2.05) is 13.1 Å². The second-order valence-electron chi connectivity index (χ2n) is 4.86. The molecule has 1 aliphatic carbocycles. The van der Waals surface area contributed by atoms with E-state index in [1.165, 1.54) is 10.0 Å². The Hall–Kier alpha value is -0.380. The summed E-state index contributed by atoms with van der Waals surface area (Å²) in [5, 5.41) is 13.0. The highest BCUT2D eigenvalue weighted by molar-refractivity contribution is 9.10. The van der Waals surface area contributed by atoms with Gasteiger partial charge in [-0.15, -0.1) is 0 Å². The molecule has 1 aliphatic rings. The minimum Gasteiger partial charge on any atom is -0.393 e. The molecule has 0 amide bonds. The molecular weight excluding hydrogens is 278 g/mol. The zero-order chi connectivity index (χ0) is 12.3. The molecule has 2 N–H and O–H groups in total. The van der Waals surface area contributed by atoms with E-state index in [0.29, 0.717) is 12.0 Å². The summed E-state index contributed by atoms with van der Waals surface area (Å²) in [7, 11) is 2.02. The van der Waals surface area contributed by atoms with Crippen LogP contribution in [0, 0.1) is 5.92 Å². The minimum absolute atomic E-state index is 0.0806. The van der Waals surface area contributed by atoms with Crippen molar-refractivity contribution in [2.24, 2.45) is 5.92 Å². The van der Waals surface area contributed by atoms with Crippen molar-refractivity contribution < 1.29 is 5.11 Å². The van der Waals surface area contributed by atoms with Gasteiger partial charge in [0.05, 0.1) is 6.10 Å². The number of nitrogens with one attached hydrogen (secondary N) is 1. The number of aliphatic hydroxyl groups excluding tert-OH is 1. The lowest BCUT2D eigenvalue weighted by molar-refractivity contribution is 0.0980. The first-order valence-electron chi connectivity index (χ1n) is 6.32. The van der Waals surface area contributed by atoms with Crippen molar-refractivity contribution in [2.75, 3.05) is 7.05 Å². The van der Waals surface area contributed by atoms with Gasteiger partial charge in [0.2, 0.25) is 0 Å². The number of hydrogen-bond acceptors (Lipinski definition) is 2. The van der Waals surface area contributed by atoms with Crippen molar-refractivity contribution in [3.63, 3.8) is 0 Å². The summed E-state index contributed by atoms with van der Waals surface area (Å²) in [5.41, 5.74) is 1.33. The summed E-state index contributed by atoms with van der Waals surface area (Å²) in [6, 6.07) is 8.79. The second-order valence-corrected chi connectivity index (χ2v) is 5.71. The Kier molecular flexibility index (Phi) is 4.60. The SMILES string of the molecule is CNC(c1ccccc1Br)C1CCC(O)CC1. The third-order valence-electron chi connectivity index (χ3n) is 3.76. The van der Waals surface area contributed by atoms with E-state index in [1.54, 1.807) is 0 Å². The summed E-state index contributed by atoms with van der Waals surface area (Å²) in [6.45, 7) is 0. The molecule has 1 aromatic rings. The largest absolute Gasteiger partial charge is 0.393 e. The van der Waals surface area contributed by atoms with Gasteiger partial charge in [-0.3, -0.25) is 0 Å². The van der Waals surface area contributed by atoms with Gasteiger partial charge in [0, 0.05) is 10.5 Å². The van der Waals surface area contributed by atoms with Crippen LogP contribution >= 0.6 is 15.9 Å². The second kappa shape index (κ2) is 5.98. The van der Waals surface area contributed by atoms with Crippen LogP contribution in [-0.2, 0) is 0 Å². The minimum atomic E-state index is -0.0806. The van der Waals surface area contributed by atoms with Crippen LogP contribution in [0.5, 0.6) is 0 Å². The fourth-order valence-electron chi connectivity index (χ4n) is 2.81. The fraction of sp³-hybridized carbons (Fsp3) is 0.571. The van der Waals surface area contributed by atoms with Gasteiger partial charge in [-0.05, 0) is 50.3 Å². The first kappa shape index (κ1) is 13.1. The molecule has 2 rings (SSSR count). The average molecular weight is 298 g/mol. The molecule has 0 aliphatic heterocycles. The Morgan fingerprint density at radius 3 is 2.47 bits per heavy atom. The van der Waals surface area contributed by atoms with E-state index < -0.39 is 0 Å². The van der Waals surface area contributed by atoms with Gasteiger partial charge in [-0.2, -0.15) is 0 Å². The first-order chi connectivity index (χ1) is 8.22. The maximum absolute atomic E-state index is 9.58. The Morgan fingerprint density at radius 2 is 1.88 bits per heavy atom. The van der Waals surface area contributed by atoms with Gasteiger partial charge in [0.1, 0.15) is 0 Å². The molecule has 17 heavy (non-hydrogen) atoms. The molecule has 0 radical (unpaired) electrons. The summed E-state index contributed by atoms with van der Waals surface area (Å²) >= 11 is 3.63. The van der Waals surface area contributed by atoms with Crippen molar-refractivity contribution in [3.8, 4) is 0 Å². The lowest BCUT2D eigenvalue weighted by Gasteiger charge is -2.32. The Bertz CT molecular complexity index is 361. The van der Waals surface area contributed by atoms with Crippen molar-refractivity contribution in [1.82, 2.24) is 5.32 Å². The van der Waals surface area contributed by atoms with Crippen LogP contribution < -0.4 is 5.32 Å². The molecule has 0 bridgehead atoms. The van der Waals surface area contributed by atoms with Crippen LogP contribution in [-0.4, -0.2) is 18.3 Å². The Morgan fingerprint density at radius 1 is 1.24 bits per heavy atom. The lowest BCUT2D eigenvalue weighted by atomic mass is 9.80. The van der Waals surface area contributed by atoms with Crippen LogP contribution in [0.2, 0.25) is 0 Å². The molecule has 94 valence electrons. The van der Waals surface area contributed by atoms with Crippen molar-refractivity contribution in [1.29, 1.82) is 0 Å².